The number of fused-ring (bicyclic) bond motifs is 1. The second-order valence-corrected chi connectivity index (χ2v) is 5.82. The molecule has 1 unspecified atom stereocenters. The van der Waals surface area contributed by atoms with E-state index < -0.39 is 0 Å². The number of benzene rings is 1. The van der Waals surface area contributed by atoms with Crippen molar-refractivity contribution >= 4 is 28.3 Å². The molecule has 2 heterocycles. The molecule has 3 rings (SSSR count). The average Bonchev–Trinajstić information content (AvgIpc) is 2.62. The molecule has 100 valence electrons. The summed E-state index contributed by atoms with van der Waals surface area (Å²) in [6.07, 6.45) is 5.42. The Kier molecular flexibility index (Phi) is 3.56. The first-order valence-electron chi connectivity index (χ1n) is 6.89. The highest BCUT2D eigenvalue weighted by Crippen LogP contribution is 2.28. The van der Waals surface area contributed by atoms with Crippen LogP contribution >= 0.6 is 11.6 Å². The summed E-state index contributed by atoms with van der Waals surface area (Å²) in [6.45, 7) is 4.50. The molecule has 0 bridgehead atoms. The van der Waals surface area contributed by atoms with Crippen molar-refractivity contribution in [2.24, 2.45) is 5.92 Å². The Morgan fingerprint density at radius 3 is 3.00 bits per heavy atom. The molecule has 0 spiro atoms. The minimum absolute atomic E-state index is 0.724. The summed E-state index contributed by atoms with van der Waals surface area (Å²) < 4.78 is 0. The molecular weight excluding hydrogens is 258 g/mol. The van der Waals surface area contributed by atoms with Crippen molar-refractivity contribution in [1.29, 1.82) is 0 Å². The highest BCUT2D eigenvalue weighted by atomic mass is 35.5. The molecule has 0 N–H and O–H groups in total. The average molecular weight is 276 g/mol. The lowest BCUT2D eigenvalue weighted by molar-refractivity contribution is 0.521. The molecule has 0 radical (unpaired) electrons. The van der Waals surface area contributed by atoms with Crippen molar-refractivity contribution in [3.63, 3.8) is 0 Å². The molecule has 2 aromatic rings. The van der Waals surface area contributed by atoms with Crippen LogP contribution in [0.4, 0.5) is 5.82 Å². The van der Waals surface area contributed by atoms with Gasteiger partial charge in [-0.3, -0.25) is 0 Å². The lowest BCUT2D eigenvalue weighted by Gasteiger charge is -2.22. The first-order chi connectivity index (χ1) is 9.24. The largest absolute Gasteiger partial charge is 0.356 e. The van der Waals surface area contributed by atoms with Gasteiger partial charge in [-0.05, 0) is 43.4 Å². The molecule has 3 nitrogen and oxygen atoms in total. The standard InChI is InChI=1S/C15H18ClN3/c1-11-3-2-7-19(8-6-11)15-13-5-4-12(16)9-14(13)17-10-18-15/h4-5,9-11H,2-3,6-8H2,1H3. The number of rotatable bonds is 1. The van der Waals surface area contributed by atoms with E-state index in [9.17, 15) is 0 Å². The molecule has 19 heavy (non-hydrogen) atoms. The predicted molar refractivity (Wildman–Crippen MR) is 79.8 cm³/mol. The number of nitrogens with zero attached hydrogens (tertiary/aromatic N) is 3. The van der Waals surface area contributed by atoms with Crippen molar-refractivity contribution < 1.29 is 0 Å². The van der Waals surface area contributed by atoms with Gasteiger partial charge in [-0.1, -0.05) is 18.5 Å². The van der Waals surface area contributed by atoms with Crippen LogP contribution in [-0.4, -0.2) is 23.1 Å². The normalized spacial score (nSPS) is 20.5. The van der Waals surface area contributed by atoms with E-state index in [1.54, 1.807) is 6.33 Å². The Morgan fingerprint density at radius 1 is 1.21 bits per heavy atom. The quantitative estimate of drug-likeness (QED) is 0.790. The van der Waals surface area contributed by atoms with Crippen LogP contribution in [0.15, 0.2) is 24.5 Å². The maximum Gasteiger partial charge on any atom is 0.139 e. The minimum Gasteiger partial charge on any atom is -0.356 e. The van der Waals surface area contributed by atoms with E-state index in [1.807, 2.05) is 18.2 Å². The van der Waals surface area contributed by atoms with Crippen LogP contribution in [0.1, 0.15) is 26.2 Å². The highest BCUT2D eigenvalue weighted by Gasteiger charge is 2.17. The topological polar surface area (TPSA) is 29.0 Å². The maximum atomic E-state index is 6.03. The van der Waals surface area contributed by atoms with Crippen molar-refractivity contribution in [3.05, 3.63) is 29.5 Å². The molecule has 1 fully saturated rings. The molecule has 0 aliphatic carbocycles. The molecule has 1 aliphatic heterocycles. The molecule has 1 aromatic carbocycles. The van der Waals surface area contributed by atoms with Crippen molar-refractivity contribution in [2.45, 2.75) is 26.2 Å². The molecule has 1 saturated heterocycles. The Balaban J connectivity index is 2.00. The predicted octanol–water partition coefficient (Wildman–Crippen LogP) is 3.91. The van der Waals surface area contributed by atoms with Crippen molar-refractivity contribution in [2.75, 3.05) is 18.0 Å². The van der Waals surface area contributed by atoms with Crippen LogP contribution in [0.25, 0.3) is 10.9 Å². The summed E-state index contributed by atoms with van der Waals surface area (Å²) in [5.41, 5.74) is 0.926. The van der Waals surface area contributed by atoms with Crippen LogP contribution < -0.4 is 4.90 Å². The van der Waals surface area contributed by atoms with E-state index in [-0.39, 0.29) is 0 Å². The number of hydrogen-bond donors (Lipinski definition) is 0. The molecule has 4 heteroatoms. The number of halogens is 1. The molecule has 1 aliphatic rings. The first-order valence-corrected chi connectivity index (χ1v) is 7.27. The van der Waals surface area contributed by atoms with Gasteiger partial charge in [-0.15, -0.1) is 0 Å². The highest BCUT2D eigenvalue weighted by molar-refractivity contribution is 6.31. The zero-order valence-corrected chi connectivity index (χ0v) is 11.9. The maximum absolute atomic E-state index is 6.03. The van der Waals surface area contributed by atoms with E-state index in [0.29, 0.717) is 0 Å². The molecule has 1 atom stereocenters. The van der Waals surface area contributed by atoms with Crippen molar-refractivity contribution in [1.82, 2.24) is 9.97 Å². The zero-order chi connectivity index (χ0) is 13.2. The fourth-order valence-corrected chi connectivity index (χ4v) is 2.91. The van der Waals surface area contributed by atoms with Gasteiger partial charge in [0.25, 0.3) is 0 Å². The summed E-state index contributed by atoms with van der Waals surface area (Å²) in [5.74, 6) is 1.86. The Labute approximate surface area is 118 Å². The summed E-state index contributed by atoms with van der Waals surface area (Å²) in [7, 11) is 0. The van der Waals surface area contributed by atoms with Gasteiger partial charge >= 0.3 is 0 Å². The van der Waals surface area contributed by atoms with Gasteiger partial charge in [-0.25, -0.2) is 9.97 Å². The van der Waals surface area contributed by atoms with E-state index in [2.05, 4.69) is 21.8 Å². The van der Waals surface area contributed by atoms with Gasteiger partial charge in [0.15, 0.2) is 0 Å². The van der Waals surface area contributed by atoms with Crippen LogP contribution in [0.3, 0.4) is 0 Å². The smallest absolute Gasteiger partial charge is 0.139 e. The molecule has 0 amide bonds. The Morgan fingerprint density at radius 2 is 2.11 bits per heavy atom. The fraction of sp³-hybridized carbons (Fsp3) is 0.467. The Bertz CT molecular complexity index is 585. The summed E-state index contributed by atoms with van der Waals surface area (Å²) >= 11 is 6.03. The zero-order valence-electron chi connectivity index (χ0n) is 11.1. The third-order valence-corrected chi connectivity index (χ3v) is 4.13. The van der Waals surface area contributed by atoms with Crippen LogP contribution in [0.2, 0.25) is 5.02 Å². The SMILES string of the molecule is CC1CCCN(c2ncnc3cc(Cl)ccc23)CC1. The van der Waals surface area contributed by atoms with E-state index >= 15 is 0 Å². The van der Waals surface area contributed by atoms with E-state index in [4.69, 9.17) is 11.6 Å². The van der Waals surface area contributed by atoms with Crippen LogP contribution in [0, 0.1) is 5.92 Å². The number of aromatic nitrogens is 2. The van der Waals surface area contributed by atoms with Gasteiger partial charge in [0.2, 0.25) is 0 Å². The van der Waals surface area contributed by atoms with Crippen LogP contribution in [0.5, 0.6) is 0 Å². The monoisotopic (exact) mass is 275 g/mol. The fourth-order valence-electron chi connectivity index (χ4n) is 2.74. The minimum atomic E-state index is 0.724. The Hall–Kier alpha value is -1.35. The third kappa shape index (κ3) is 2.66. The number of hydrogen-bond acceptors (Lipinski definition) is 3. The van der Waals surface area contributed by atoms with Crippen molar-refractivity contribution in [3.8, 4) is 0 Å². The first kappa shape index (κ1) is 12.7. The van der Waals surface area contributed by atoms with Crippen LogP contribution in [-0.2, 0) is 0 Å². The molecular formula is C15H18ClN3. The second kappa shape index (κ2) is 5.33. The third-order valence-electron chi connectivity index (χ3n) is 3.89. The van der Waals surface area contributed by atoms with Gasteiger partial charge in [0, 0.05) is 23.5 Å². The second-order valence-electron chi connectivity index (χ2n) is 5.38. The summed E-state index contributed by atoms with van der Waals surface area (Å²) in [6, 6.07) is 5.85. The lowest BCUT2D eigenvalue weighted by atomic mass is 10.0. The van der Waals surface area contributed by atoms with E-state index in [1.165, 1.54) is 19.3 Å². The van der Waals surface area contributed by atoms with Gasteiger partial charge < -0.3 is 4.90 Å². The molecule has 1 aromatic heterocycles. The molecule has 0 saturated carbocycles. The van der Waals surface area contributed by atoms with E-state index in [0.717, 1.165) is 40.8 Å². The lowest BCUT2D eigenvalue weighted by Crippen LogP contribution is -2.25. The van der Waals surface area contributed by atoms with Gasteiger partial charge in [0.05, 0.1) is 5.52 Å². The summed E-state index contributed by atoms with van der Waals surface area (Å²) in [4.78, 5) is 11.2. The summed E-state index contributed by atoms with van der Waals surface area (Å²) in [5, 5.41) is 1.82. The van der Waals surface area contributed by atoms with Gasteiger partial charge in [0.1, 0.15) is 12.1 Å². The number of anilines is 1. The van der Waals surface area contributed by atoms with Gasteiger partial charge in [-0.2, -0.15) is 0 Å².